The van der Waals surface area contributed by atoms with Gasteiger partial charge in [0.25, 0.3) is 0 Å². The van der Waals surface area contributed by atoms with Crippen LogP contribution in [-0.2, 0) is 6.54 Å². The zero-order valence-electron chi connectivity index (χ0n) is 14.5. The average Bonchev–Trinajstić information content (AvgIpc) is 2.97. The SMILES string of the molecule is CCNC(=NCCNc1ncc(Cl)cc1Cl)N(C)Cc1csc(C)n1. The predicted molar refractivity (Wildman–Crippen MR) is 107 cm³/mol. The third-order valence-corrected chi connectivity index (χ3v) is 4.55. The lowest BCUT2D eigenvalue weighted by molar-refractivity contribution is 0.471. The van der Waals surface area contributed by atoms with Crippen molar-refractivity contribution in [3.05, 3.63) is 38.4 Å². The Morgan fingerprint density at radius 3 is 2.84 bits per heavy atom. The van der Waals surface area contributed by atoms with Crippen LogP contribution < -0.4 is 10.6 Å². The first kappa shape index (κ1) is 19.8. The first-order valence-corrected chi connectivity index (χ1v) is 9.58. The first-order chi connectivity index (χ1) is 12.0. The molecular formula is C16H22Cl2N6S. The van der Waals surface area contributed by atoms with E-state index in [2.05, 4.69) is 35.9 Å². The molecule has 0 fully saturated rings. The number of halogens is 2. The van der Waals surface area contributed by atoms with Gasteiger partial charge in [-0.05, 0) is 19.9 Å². The topological polar surface area (TPSA) is 65.4 Å². The second-order valence-corrected chi connectivity index (χ2v) is 7.27. The second-order valence-electron chi connectivity index (χ2n) is 5.36. The van der Waals surface area contributed by atoms with Gasteiger partial charge in [0.2, 0.25) is 0 Å². The molecule has 0 aromatic carbocycles. The molecule has 9 heteroatoms. The summed E-state index contributed by atoms with van der Waals surface area (Å²) >= 11 is 13.6. The second kappa shape index (κ2) is 9.79. The summed E-state index contributed by atoms with van der Waals surface area (Å²) in [4.78, 5) is 15.3. The summed E-state index contributed by atoms with van der Waals surface area (Å²) in [5, 5.41) is 10.6. The molecule has 2 aromatic heterocycles. The van der Waals surface area contributed by atoms with Crippen molar-refractivity contribution in [3.63, 3.8) is 0 Å². The van der Waals surface area contributed by atoms with E-state index in [0.717, 1.165) is 23.2 Å². The molecule has 2 N–H and O–H groups in total. The van der Waals surface area contributed by atoms with Crippen molar-refractivity contribution >= 4 is 46.3 Å². The molecule has 0 saturated carbocycles. The van der Waals surface area contributed by atoms with Gasteiger partial charge in [0.05, 0.1) is 33.8 Å². The van der Waals surface area contributed by atoms with Crippen molar-refractivity contribution in [3.8, 4) is 0 Å². The van der Waals surface area contributed by atoms with Crippen molar-refractivity contribution in [2.45, 2.75) is 20.4 Å². The van der Waals surface area contributed by atoms with Gasteiger partial charge in [-0.25, -0.2) is 9.97 Å². The Kier molecular flexibility index (Phi) is 7.74. The molecule has 2 aromatic rings. The van der Waals surface area contributed by atoms with Gasteiger partial charge in [0.15, 0.2) is 5.96 Å². The van der Waals surface area contributed by atoms with Gasteiger partial charge in [0, 0.05) is 31.7 Å². The number of rotatable bonds is 7. The molecule has 0 aliphatic carbocycles. The lowest BCUT2D eigenvalue weighted by Crippen LogP contribution is -2.38. The fourth-order valence-electron chi connectivity index (χ4n) is 2.15. The molecule has 2 heterocycles. The van der Waals surface area contributed by atoms with E-state index in [0.29, 0.717) is 35.5 Å². The molecule has 0 atom stereocenters. The van der Waals surface area contributed by atoms with Crippen molar-refractivity contribution in [1.29, 1.82) is 0 Å². The Balaban J connectivity index is 1.89. The number of nitrogens with one attached hydrogen (secondary N) is 2. The highest BCUT2D eigenvalue weighted by Crippen LogP contribution is 2.22. The quantitative estimate of drug-likeness (QED) is 0.421. The number of hydrogen-bond donors (Lipinski definition) is 2. The molecule has 2 rings (SSSR count). The smallest absolute Gasteiger partial charge is 0.194 e. The maximum absolute atomic E-state index is 6.09. The standard InChI is InChI=1S/C16H22Cl2N6S/c1-4-19-16(24(3)9-13-10-25-11(2)23-13)21-6-5-20-15-14(18)7-12(17)8-22-15/h7-8,10H,4-6,9H2,1-3H3,(H,19,21)(H,20,22). The number of nitrogens with zero attached hydrogens (tertiary/aromatic N) is 4. The molecule has 0 aliphatic rings. The van der Waals surface area contributed by atoms with Gasteiger partial charge in [0.1, 0.15) is 5.82 Å². The van der Waals surface area contributed by atoms with Crippen LogP contribution in [-0.4, -0.2) is 47.5 Å². The van der Waals surface area contributed by atoms with Crippen LogP contribution >= 0.6 is 34.5 Å². The molecule has 0 bridgehead atoms. The summed E-state index contributed by atoms with van der Waals surface area (Å²) < 4.78 is 0. The zero-order chi connectivity index (χ0) is 18.2. The van der Waals surface area contributed by atoms with Crippen LogP contribution in [0.15, 0.2) is 22.6 Å². The Labute approximate surface area is 162 Å². The predicted octanol–water partition coefficient (Wildman–Crippen LogP) is 3.66. The van der Waals surface area contributed by atoms with Crippen LogP contribution in [0, 0.1) is 6.92 Å². The third-order valence-electron chi connectivity index (χ3n) is 3.24. The Morgan fingerprint density at radius 2 is 2.20 bits per heavy atom. The maximum Gasteiger partial charge on any atom is 0.194 e. The third kappa shape index (κ3) is 6.34. The molecule has 0 saturated heterocycles. The normalized spacial score (nSPS) is 11.5. The van der Waals surface area contributed by atoms with E-state index in [9.17, 15) is 0 Å². The van der Waals surface area contributed by atoms with E-state index in [-0.39, 0.29) is 0 Å². The van der Waals surface area contributed by atoms with Gasteiger partial charge >= 0.3 is 0 Å². The number of aryl methyl sites for hydroxylation is 1. The number of thiazole rings is 1. The van der Waals surface area contributed by atoms with E-state index < -0.39 is 0 Å². The van der Waals surface area contributed by atoms with Crippen LogP contribution in [0.25, 0.3) is 0 Å². The van der Waals surface area contributed by atoms with Gasteiger partial charge in [-0.2, -0.15) is 0 Å². The van der Waals surface area contributed by atoms with Crippen LogP contribution in [0.5, 0.6) is 0 Å². The fourth-order valence-corrected chi connectivity index (χ4v) is 3.20. The van der Waals surface area contributed by atoms with Crippen molar-refractivity contribution in [1.82, 2.24) is 20.2 Å². The van der Waals surface area contributed by atoms with Crippen LogP contribution in [0.1, 0.15) is 17.6 Å². The number of anilines is 1. The van der Waals surface area contributed by atoms with Crippen LogP contribution in [0.3, 0.4) is 0 Å². The zero-order valence-corrected chi connectivity index (χ0v) is 16.8. The van der Waals surface area contributed by atoms with Crippen molar-refractivity contribution < 1.29 is 0 Å². The summed E-state index contributed by atoms with van der Waals surface area (Å²) in [5.74, 6) is 1.45. The number of aliphatic imine (C=N–C) groups is 1. The highest BCUT2D eigenvalue weighted by molar-refractivity contribution is 7.09. The summed E-state index contributed by atoms with van der Waals surface area (Å²) in [6.45, 7) is 6.78. The molecule has 136 valence electrons. The van der Waals surface area contributed by atoms with E-state index in [1.54, 1.807) is 23.6 Å². The van der Waals surface area contributed by atoms with Crippen LogP contribution in [0.4, 0.5) is 5.82 Å². The minimum Gasteiger partial charge on any atom is -0.367 e. The van der Waals surface area contributed by atoms with Crippen molar-refractivity contribution in [2.24, 2.45) is 4.99 Å². The Bertz CT molecular complexity index is 718. The molecule has 0 amide bonds. The van der Waals surface area contributed by atoms with E-state index in [1.807, 2.05) is 20.9 Å². The molecule has 0 aliphatic heterocycles. The maximum atomic E-state index is 6.09. The van der Waals surface area contributed by atoms with Gasteiger partial charge < -0.3 is 15.5 Å². The molecule has 0 unspecified atom stereocenters. The lowest BCUT2D eigenvalue weighted by atomic mass is 10.4. The molecule has 0 radical (unpaired) electrons. The van der Waals surface area contributed by atoms with Gasteiger partial charge in [-0.15, -0.1) is 11.3 Å². The van der Waals surface area contributed by atoms with Gasteiger partial charge in [-0.1, -0.05) is 23.2 Å². The summed E-state index contributed by atoms with van der Waals surface area (Å²) in [6.07, 6.45) is 1.56. The molecule has 0 spiro atoms. The van der Waals surface area contributed by atoms with E-state index in [4.69, 9.17) is 23.2 Å². The summed E-state index contributed by atoms with van der Waals surface area (Å²) in [7, 11) is 2.00. The number of aromatic nitrogens is 2. The molecule has 25 heavy (non-hydrogen) atoms. The monoisotopic (exact) mass is 400 g/mol. The highest BCUT2D eigenvalue weighted by atomic mass is 35.5. The van der Waals surface area contributed by atoms with E-state index >= 15 is 0 Å². The summed E-state index contributed by atoms with van der Waals surface area (Å²) in [5.41, 5.74) is 1.05. The molecular weight excluding hydrogens is 379 g/mol. The highest BCUT2D eigenvalue weighted by Gasteiger charge is 2.08. The van der Waals surface area contributed by atoms with Crippen molar-refractivity contribution in [2.75, 3.05) is 32.0 Å². The molecule has 6 nitrogen and oxygen atoms in total. The Hall–Kier alpha value is -1.57. The number of hydrogen-bond acceptors (Lipinski definition) is 5. The number of pyridine rings is 1. The first-order valence-electron chi connectivity index (χ1n) is 7.95. The average molecular weight is 401 g/mol. The van der Waals surface area contributed by atoms with Gasteiger partial charge in [-0.3, -0.25) is 4.99 Å². The fraction of sp³-hybridized carbons (Fsp3) is 0.438. The van der Waals surface area contributed by atoms with E-state index in [1.165, 1.54) is 0 Å². The minimum absolute atomic E-state index is 0.499. The van der Waals surface area contributed by atoms with Crippen LogP contribution in [0.2, 0.25) is 10.0 Å². The minimum atomic E-state index is 0.499. The Morgan fingerprint density at radius 1 is 1.40 bits per heavy atom. The largest absolute Gasteiger partial charge is 0.367 e. The summed E-state index contributed by atoms with van der Waals surface area (Å²) in [6, 6.07) is 1.66. The number of guanidine groups is 1. The lowest BCUT2D eigenvalue weighted by Gasteiger charge is -2.21.